The van der Waals surface area contributed by atoms with Gasteiger partial charge in [-0.2, -0.15) is 0 Å². The molecule has 0 aromatic carbocycles. The van der Waals surface area contributed by atoms with Crippen molar-refractivity contribution < 1.29 is 9.90 Å². The van der Waals surface area contributed by atoms with Gasteiger partial charge in [-0.15, -0.1) is 0 Å². The van der Waals surface area contributed by atoms with Crippen LogP contribution >= 0.6 is 0 Å². The third-order valence-electron chi connectivity index (χ3n) is 3.85. The molecule has 4 nitrogen and oxygen atoms in total. The first-order chi connectivity index (χ1) is 8.63. The Hall–Kier alpha value is -0.610. The van der Waals surface area contributed by atoms with E-state index in [2.05, 4.69) is 12.2 Å². The van der Waals surface area contributed by atoms with Gasteiger partial charge in [-0.1, -0.05) is 26.2 Å². The van der Waals surface area contributed by atoms with E-state index in [1.807, 2.05) is 0 Å². The molecule has 4 heteroatoms. The second-order valence-electron chi connectivity index (χ2n) is 5.60. The Kier molecular flexibility index (Phi) is 7.28. The van der Waals surface area contributed by atoms with Crippen molar-refractivity contribution in [3.05, 3.63) is 0 Å². The Bertz CT molecular complexity index is 246. The van der Waals surface area contributed by atoms with Crippen molar-refractivity contribution in [3.63, 3.8) is 0 Å². The molecule has 1 amide bonds. The summed E-state index contributed by atoms with van der Waals surface area (Å²) >= 11 is 0. The zero-order chi connectivity index (χ0) is 13.4. The van der Waals surface area contributed by atoms with Crippen LogP contribution in [-0.2, 0) is 4.79 Å². The molecule has 0 radical (unpaired) electrons. The third kappa shape index (κ3) is 5.83. The lowest BCUT2D eigenvalue weighted by molar-refractivity contribution is -0.123. The number of carbonyl (C=O) groups excluding carboxylic acids is 1. The number of amides is 1. The van der Waals surface area contributed by atoms with Crippen LogP contribution in [0.15, 0.2) is 0 Å². The number of carbonyl (C=O) groups is 1. The van der Waals surface area contributed by atoms with Crippen LogP contribution in [0.5, 0.6) is 0 Å². The number of hydrogen-bond acceptors (Lipinski definition) is 3. The van der Waals surface area contributed by atoms with Crippen LogP contribution in [0, 0.1) is 5.92 Å². The SMILES string of the molecule is CC(CCN)CCC(=O)NC1CCCCCC1O. The Labute approximate surface area is 110 Å². The lowest BCUT2D eigenvalue weighted by atomic mass is 10.0. The number of hydrogen-bond donors (Lipinski definition) is 3. The third-order valence-corrected chi connectivity index (χ3v) is 3.85. The number of aliphatic hydroxyl groups excluding tert-OH is 1. The van der Waals surface area contributed by atoms with Crippen molar-refractivity contribution in [3.8, 4) is 0 Å². The monoisotopic (exact) mass is 256 g/mol. The summed E-state index contributed by atoms with van der Waals surface area (Å²) in [4.78, 5) is 11.8. The predicted octanol–water partition coefficient (Wildman–Crippen LogP) is 1.56. The number of aliphatic hydroxyl groups is 1. The maximum absolute atomic E-state index is 11.8. The molecule has 0 heterocycles. The van der Waals surface area contributed by atoms with Gasteiger partial charge in [-0.3, -0.25) is 4.79 Å². The van der Waals surface area contributed by atoms with Gasteiger partial charge in [0.1, 0.15) is 0 Å². The van der Waals surface area contributed by atoms with Gasteiger partial charge in [0.05, 0.1) is 12.1 Å². The minimum Gasteiger partial charge on any atom is -0.391 e. The van der Waals surface area contributed by atoms with Gasteiger partial charge < -0.3 is 16.2 Å². The average molecular weight is 256 g/mol. The molecular weight excluding hydrogens is 228 g/mol. The molecule has 1 aliphatic carbocycles. The van der Waals surface area contributed by atoms with E-state index in [4.69, 9.17) is 5.73 Å². The molecule has 3 atom stereocenters. The first-order valence-electron chi connectivity index (χ1n) is 7.31. The summed E-state index contributed by atoms with van der Waals surface area (Å²) in [6.07, 6.45) is 7.09. The van der Waals surface area contributed by atoms with Crippen LogP contribution < -0.4 is 11.1 Å². The number of rotatable bonds is 6. The fourth-order valence-corrected chi connectivity index (χ4v) is 2.54. The molecule has 1 rings (SSSR count). The Balaban J connectivity index is 2.25. The molecule has 18 heavy (non-hydrogen) atoms. The van der Waals surface area contributed by atoms with Crippen molar-refractivity contribution in [1.29, 1.82) is 0 Å². The zero-order valence-electron chi connectivity index (χ0n) is 11.5. The van der Waals surface area contributed by atoms with Crippen LogP contribution in [0.1, 0.15) is 58.3 Å². The molecule has 3 unspecified atom stereocenters. The summed E-state index contributed by atoms with van der Waals surface area (Å²) in [5.41, 5.74) is 5.49. The molecule has 1 fully saturated rings. The quantitative estimate of drug-likeness (QED) is 0.631. The fourth-order valence-electron chi connectivity index (χ4n) is 2.54. The van der Waals surface area contributed by atoms with E-state index in [1.165, 1.54) is 0 Å². The van der Waals surface area contributed by atoms with Crippen LogP contribution in [0.3, 0.4) is 0 Å². The first-order valence-corrected chi connectivity index (χ1v) is 7.31. The molecule has 0 aliphatic heterocycles. The molecular formula is C14H28N2O2. The van der Waals surface area contributed by atoms with E-state index in [9.17, 15) is 9.90 Å². The molecule has 1 saturated carbocycles. The van der Waals surface area contributed by atoms with Gasteiger partial charge in [0.25, 0.3) is 0 Å². The molecule has 4 N–H and O–H groups in total. The highest BCUT2D eigenvalue weighted by atomic mass is 16.3. The van der Waals surface area contributed by atoms with E-state index < -0.39 is 0 Å². The summed E-state index contributed by atoms with van der Waals surface area (Å²) in [6, 6.07) is -0.0372. The molecule has 0 aromatic rings. The standard InChI is InChI=1S/C14H28N2O2/c1-11(9-10-15)7-8-14(18)16-12-5-3-2-4-6-13(12)17/h11-13,17H,2-10,15H2,1H3,(H,16,18). The summed E-state index contributed by atoms with van der Waals surface area (Å²) in [5, 5.41) is 12.9. The van der Waals surface area contributed by atoms with Gasteiger partial charge in [-0.25, -0.2) is 0 Å². The van der Waals surface area contributed by atoms with E-state index in [0.29, 0.717) is 18.9 Å². The van der Waals surface area contributed by atoms with Crippen LogP contribution in [0.4, 0.5) is 0 Å². The molecule has 0 saturated heterocycles. The smallest absolute Gasteiger partial charge is 0.220 e. The van der Waals surface area contributed by atoms with E-state index in [1.54, 1.807) is 0 Å². The Morgan fingerprint density at radius 1 is 1.33 bits per heavy atom. The van der Waals surface area contributed by atoms with E-state index >= 15 is 0 Å². The van der Waals surface area contributed by atoms with E-state index in [-0.39, 0.29) is 18.1 Å². The largest absolute Gasteiger partial charge is 0.391 e. The highest BCUT2D eigenvalue weighted by Gasteiger charge is 2.22. The van der Waals surface area contributed by atoms with E-state index in [0.717, 1.165) is 44.9 Å². The topological polar surface area (TPSA) is 75.4 Å². The number of nitrogens with two attached hydrogens (primary N) is 1. The van der Waals surface area contributed by atoms with Crippen LogP contribution in [-0.4, -0.2) is 29.7 Å². The maximum atomic E-state index is 11.8. The highest BCUT2D eigenvalue weighted by molar-refractivity contribution is 5.76. The Morgan fingerprint density at radius 3 is 2.78 bits per heavy atom. The van der Waals surface area contributed by atoms with Gasteiger partial charge in [0.2, 0.25) is 5.91 Å². The first kappa shape index (κ1) is 15.4. The normalized spacial score (nSPS) is 26.4. The summed E-state index contributed by atoms with van der Waals surface area (Å²) < 4.78 is 0. The second-order valence-corrected chi connectivity index (χ2v) is 5.60. The zero-order valence-corrected chi connectivity index (χ0v) is 11.5. The lowest BCUT2D eigenvalue weighted by Gasteiger charge is -2.22. The fraction of sp³-hybridized carbons (Fsp3) is 0.929. The van der Waals surface area contributed by atoms with Crippen molar-refractivity contribution >= 4 is 5.91 Å². The molecule has 0 spiro atoms. The minimum absolute atomic E-state index is 0.0372. The Morgan fingerprint density at radius 2 is 2.06 bits per heavy atom. The molecule has 0 aromatic heterocycles. The predicted molar refractivity (Wildman–Crippen MR) is 73.1 cm³/mol. The van der Waals surface area contributed by atoms with Gasteiger partial charge in [0, 0.05) is 6.42 Å². The summed E-state index contributed by atoms with van der Waals surface area (Å²) in [5.74, 6) is 0.574. The second kappa shape index (κ2) is 8.48. The molecule has 106 valence electrons. The van der Waals surface area contributed by atoms with Gasteiger partial charge >= 0.3 is 0 Å². The molecule has 1 aliphatic rings. The summed E-state index contributed by atoms with van der Waals surface area (Å²) in [6.45, 7) is 2.81. The number of nitrogens with one attached hydrogen (secondary N) is 1. The van der Waals surface area contributed by atoms with Gasteiger partial charge in [-0.05, 0) is 38.1 Å². The van der Waals surface area contributed by atoms with Crippen molar-refractivity contribution in [1.82, 2.24) is 5.32 Å². The average Bonchev–Trinajstić information content (AvgIpc) is 2.53. The van der Waals surface area contributed by atoms with Crippen molar-refractivity contribution in [2.45, 2.75) is 70.4 Å². The highest BCUT2D eigenvalue weighted by Crippen LogP contribution is 2.18. The lowest BCUT2D eigenvalue weighted by Crippen LogP contribution is -2.42. The van der Waals surface area contributed by atoms with Crippen molar-refractivity contribution in [2.24, 2.45) is 11.7 Å². The molecule has 0 bridgehead atoms. The van der Waals surface area contributed by atoms with Crippen molar-refractivity contribution in [2.75, 3.05) is 6.54 Å². The summed E-state index contributed by atoms with van der Waals surface area (Å²) in [7, 11) is 0. The minimum atomic E-state index is -0.363. The van der Waals surface area contributed by atoms with Crippen LogP contribution in [0.2, 0.25) is 0 Å². The van der Waals surface area contributed by atoms with Crippen LogP contribution in [0.25, 0.3) is 0 Å². The van der Waals surface area contributed by atoms with Gasteiger partial charge in [0.15, 0.2) is 0 Å². The maximum Gasteiger partial charge on any atom is 0.220 e.